The van der Waals surface area contributed by atoms with Gasteiger partial charge in [-0.3, -0.25) is 4.90 Å². The van der Waals surface area contributed by atoms with Crippen LogP contribution in [0.3, 0.4) is 0 Å². The molecule has 2 aliphatic heterocycles. The van der Waals surface area contributed by atoms with E-state index in [9.17, 15) is 12.8 Å². The third-order valence-corrected chi connectivity index (χ3v) is 6.81. The lowest BCUT2D eigenvalue weighted by Gasteiger charge is -2.47. The Labute approximate surface area is 143 Å². The second-order valence-electron chi connectivity index (χ2n) is 7.00. The van der Waals surface area contributed by atoms with Gasteiger partial charge in [0.25, 0.3) is 0 Å². The fourth-order valence-electron chi connectivity index (χ4n) is 3.17. The second kappa shape index (κ2) is 6.71. The first-order chi connectivity index (χ1) is 11.3. The van der Waals surface area contributed by atoms with E-state index in [4.69, 9.17) is 4.74 Å². The first-order valence-electron chi connectivity index (χ1n) is 8.39. The minimum atomic E-state index is -3.48. The number of sulfonamides is 1. The molecule has 0 spiro atoms. The zero-order valence-corrected chi connectivity index (χ0v) is 15.1. The van der Waals surface area contributed by atoms with E-state index in [1.807, 2.05) is 24.8 Å². The number of benzene rings is 1. The summed E-state index contributed by atoms with van der Waals surface area (Å²) in [4.78, 5) is 2.32. The molecular formula is C17H25FN2O3S. The molecule has 2 heterocycles. The number of alkyl halides is 1. The van der Waals surface area contributed by atoms with Crippen molar-refractivity contribution in [3.8, 4) is 0 Å². The molecule has 1 aromatic rings. The number of rotatable bonds is 5. The van der Waals surface area contributed by atoms with Crippen LogP contribution >= 0.6 is 0 Å². The van der Waals surface area contributed by atoms with Gasteiger partial charge < -0.3 is 4.74 Å². The Morgan fingerprint density at radius 1 is 1.25 bits per heavy atom. The number of hydrogen-bond acceptors (Lipinski definition) is 4. The third-order valence-electron chi connectivity index (χ3n) is 4.92. The summed E-state index contributed by atoms with van der Waals surface area (Å²) < 4.78 is 46.4. The summed E-state index contributed by atoms with van der Waals surface area (Å²) in [6.45, 7) is 6.82. The van der Waals surface area contributed by atoms with Crippen molar-refractivity contribution in [2.24, 2.45) is 5.92 Å². The third kappa shape index (κ3) is 3.49. The van der Waals surface area contributed by atoms with Crippen LogP contribution in [0.2, 0.25) is 0 Å². The highest BCUT2D eigenvalue weighted by atomic mass is 32.2. The van der Waals surface area contributed by atoms with Crippen molar-refractivity contribution in [1.29, 1.82) is 0 Å². The molecule has 0 bridgehead atoms. The van der Waals surface area contributed by atoms with Crippen LogP contribution in [0.15, 0.2) is 29.2 Å². The summed E-state index contributed by atoms with van der Waals surface area (Å²) in [6, 6.07) is 6.98. The van der Waals surface area contributed by atoms with Crippen LogP contribution in [0.25, 0.3) is 0 Å². The average molecular weight is 356 g/mol. The number of nitrogens with zero attached hydrogens (tertiary/aromatic N) is 2. The van der Waals surface area contributed by atoms with Gasteiger partial charge in [0.1, 0.15) is 5.67 Å². The molecule has 0 aliphatic carbocycles. The smallest absolute Gasteiger partial charge is 0.243 e. The van der Waals surface area contributed by atoms with Crippen molar-refractivity contribution in [3.05, 3.63) is 29.8 Å². The molecule has 7 heteroatoms. The fourth-order valence-corrected chi connectivity index (χ4v) is 4.65. The second-order valence-corrected chi connectivity index (χ2v) is 8.94. The van der Waals surface area contributed by atoms with E-state index >= 15 is 0 Å². The van der Waals surface area contributed by atoms with E-state index < -0.39 is 15.7 Å². The molecule has 1 aromatic carbocycles. The fraction of sp³-hybridized carbons (Fsp3) is 0.647. The van der Waals surface area contributed by atoms with Crippen molar-refractivity contribution in [2.45, 2.75) is 31.0 Å². The Kier molecular flexibility index (Phi) is 4.97. The van der Waals surface area contributed by atoms with Gasteiger partial charge >= 0.3 is 0 Å². The monoisotopic (exact) mass is 356 g/mol. The molecule has 3 rings (SSSR count). The normalized spacial score (nSPS) is 22.5. The van der Waals surface area contributed by atoms with E-state index in [2.05, 4.69) is 0 Å². The average Bonchev–Trinajstić information content (AvgIpc) is 2.54. The first kappa shape index (κ1) is 17.8. The van der Waals surface area contributed by atoms with E-state index in [0.29, 0.717) is 50.8 Å². The molecule has 0 atom stereocenters. The van der Waals surface area contributed by atoms with Gasteiger partial charge in [-0.1, -0.05) is 26.0 Å². The van der Waals surface area contributed by atoms with Gasteiger partial charge in [-0.25, -0.2) is 12.8 Å². The Morgan fingerprint density at radius 3 is 2.54 bits per heavy atom. The topological polar surface area (TPSA) is 49.9 Å². The molecule has 2 aliphatic rings. The van der Waals surface area contributed by atoms with Crippen molar-refractivity contribution in [2.75, 3.05) is 39.4 Å². The molecule has 0 radical (unpaired) electrons. The van der Waals surface area contributed by atoms with Crippen LogP contribution in [-0.2, 0) is 21.3 Å². The van der Waals surface area contributed by atoms with Crippen LogP contribution in [0.4, 0.5) is 4.39 Å². The van der Waals surface area contributed by atoms with Gasteiger partial charge in [-0.2, -0.15) is 4.31 Å². The quantitative estimate of drug-likeness (QED) is 0.808. The molecule has 0 N–H and O–H groups in total. The van der Waals surface area contributed by atoms with Crippen molar-refractivity contribution in [3.63, 3.8) is 0 Å². The number of morpholine rings is 1. The highest BCUT2D eigenvalue weighted by molar-refractivity contribution is 7.89. The number of hydrogen-bond donors (Lipinski definition) is 0. The molecule has 2 fully saturated rings. The van der Waals surface area contributed by atoms with E-state index in [0.717, 1.165) is 5.56 Å². The first-order valence-corrected chi connectivity index (χ1v) is 9.83. The van der Waals surface area contributed by atoms with Crippen LogP contribution in [0.1, 0.15) is 19.4 Å². The SMILES string of the molecule is CC(C)C1(F)CN(Cc2cccc(S(=O)(=O)N3CCOCC3)c2)C1. The summed E-state index contributed by atoms with van der Waals surface area (Å²) in [5.41, 5.74) is -0.215. The van der Waals surface area contributed by atoms with E-state index in [1.165, 1.54) is 4.31 Å². The standard InChI is InChI=1S/C17H25FN2O3S/c1-14(2)17(18)12-19(13-17)11-15-4-3-5-16(10-15)24(21,22)20-6-8-23-9-7-20/h3-5,10,14H,6-9,11-13H2,1-2H3. The van der Waals surface area contributed by atoms with Crippen LogP contribution in [0, 0.1) is 5.92 Å². The molecule has 134 valence electrons. The van der Waals surface area contributed by atoms with E-state index in [1.54, 1.807) is 18.2 Å². The summed E-state index contributed by atoms with van der Waals surface area (Å²) >= 11 is 0. The number of halogens is 1. The lowest BCUT2D eigenvalue weighted by Crippen LogP contribution is -2.61. The maximum atomic E-state index is 14.3. The zero-order valence-electron chi connectivity index (χ0n) is 14.2. The lowest BCUT2D eigenvalue weighted by molar-refractivity contribution is -0.0689. The van der Waals surface area contributed by atoms with Crippen LogP contribution in [-0.4, -0.2) is 62.7 Å². The number of likely N-dealkylation sites (tertiary alicyclic amines) is 1. The van der Waals surface area contributed by atoms with Gasteiger partial charge in [0.05, 0.1) is 18.1 Å². The molecule has 0 saturated carbocycles. The summed E-state index contributed by atoms with van der Waals surface area (Å²) in [5, 5.41) is 0. The van der Waals surface area contributed by atoms with Gasteiger partial charge in [0, 0.05) is 32.7 Å². The maximum Gasteiger partial charge on any atom is 0.243 e. The predicted molar refractivity (Wildman–Crippen MR) is 90.0 cm³/mol. The summed E-state index contributed by atoms with van der Waals surface area (Å²) in [5.74, 6) is 0.00165. The molecule has 0 amide bonds. The van der Waals surface area contributed by atoms with Crippen molar-refractivity contribution in [1.82, 2.24) is 9.21 Å². The van der Waals surface area contributed by atoms with Crippen molar-refractivity contribution >= 4 is 10.0 Å². The Bertz CT molecular complexity index is 681. The maximum absolute atomic E-state index is 14.3. The molecular weight excluding hydrogens is 331 g/mol. The van der Waals surface area contributed by atoms with Crippen molar-refractivity contribution < 1.29 is 17.5 Å². The van der Waals surface area contributed by atoms with Gasteiger partial charge in [-0.15, -0.1) is 0 Å². The van der Waals surface area contributed by atoms with Gasteiger partial charge in [-0.05, 0) is 23.6 Å². The summed E-state index contributed by atoms with van der Waals surface area (Å²) in [6.07, 6.45) is 0. The largest absolute Gasteiger partial charge is 0.379 e. The van der Waals surface area contributed by atoms with Crippen LogP contribution < -0.4 is 0 Å². The summed E-state index contributed by atoms with van der Waals surface area (Å²) in [7, 11) is -3.48. The lowest BCUT2D eigenvalue weighted by atomic mass is 9.84. The number of ether oxygens (including phenoxy) is 1. The van der Waals surface area contributed by atoms with E-state index in [-0.39, 0.29) is 5.92 Å². The molecule has 5 nitrogen and oxygen atoms in total. The van der Waals surface area contributed by atoms with Gasteiger partial charge in [0.15, 0.2) is 0 Å². The zero-order chi connectivity index (χ0) is 17.4. The van der Waals surface area contributed by atoms with Gasteiger partial charge in [0.2, 0.25) is 10.0 Å². The Morgan fingerprint density at radius 2 is 1.92 bits per heavy atom. The Balaban J connectivity index is 1.69. The minimum absolute atomic E-state index is 0.00165. The highest BCUT2D eigenvalue weighted by Gasteiger charge is 2.45. The Hall–Kier alpha value is -1.02. The molecule has 0 aromatic heterocycles. The predicted octanol–water partition coefficient (Wildman–Crippen LogP) is 1.89. The highest BCUT2D eigenvalue weighted by Crippen LogP contribution is 2.33. The molecule has 0 unspecified atom stereocenters. The molecule has 24 heavy (non-hydrogen) atoms. The van der Waals surface area contributed by atoms with Crippen LogP contribution in [0.5, 0.6) is 0 Å². The minimum Gasteiger partial charge on any atom is -0.379 e. The molecule has 2 saturated heterocycles.